The predicted molar refractivity (Wildman–Crippen MR) is 106 cm³/mol. The fourth-order valence-electron chi connectivity index (χ4n) is 5.02. The Morgan fingerprint density at radius 1 is 1.19 bits per heavy atom. The van der Waals surface area contributed by atoms with Crippen molar-refractivity contribution in [1.29, 1.82) is 0 Å². The van der Waals surface area contributed by atoms with E-state index in [1.165, 1.54) is 12.8 Å². The molecule has 4 nitrogen and oxygen atoms in total. The number of fused-ring (bicyclic) bond motifs is 1. The highest BCUT2D eigenvalue weighted by Crippen LogP contribution is 2.59. The Morgan fingerprint density at radius 3 is 2.58 bits per heavy atom. The second-order valence-corrected chi connectivity index (χ2v) is 8.84. The third-order valence-electron chi connectivity index (χ3n) is 6.94. The molecular weight excluding hydrogens is 322 g/mol. The summed E-state index contributed by atoms with van der Waals surface area (Å²) in [6, 6.07) is 9.82. The molecule has 2 atom stereocenters. The lowest BCUT2D eigenvalue weighted by atomic mass is 9.49. The summed E-state index contributed by atoms with van der Waals surface area (Å²) < 4.78 is 0. The number of benzene rings is 1. The van der Waals surface area contributed by atoms with Crippen molar-refractivity contribution in [3.63, 3.8) is 0 Å². The summed E-state index contributed by atoms with van der Waals surface area (Å²) in [7, 11) is 0. The number of carbonyl (C=O) groups excluding carboxylic acids is 1. The van der Waals surface area contributed by atoms with E-state index in [4.69, 9.17) is 0 Å². The molecule has 0 aromatic heterocycles. The first kappa shape index (κ1) is 17.6. The van der Waals surface area contributed by atoms with Gasteiger partial charge in [-0.1, -0.05) is 43.7 Å². The number of piperidine rings is 1. The summed E-state index contributed by atoms with van der Waals surface area (Å²) >= 11 is 0. The van der Waals surface area contributed by atoms with Crippen LogP contribution in [0.15, 0.2) is 42.0 Å². The van der Waals surface area contributed by atoms with E-state index >= 15 is 0 Å². The molecule has 2 amide bonds. The van der Waals surface area contributed by atoms with Gasteiger partial charge in [0.15, 0.2) is 0 Å². The number of urea groups is 1. The number of anilines is 1. The smallest absolute Gasteiger partial charge is 0.319 e. The second kappa shape index (κ2) is 7.07. The molecule has 2 bridgehead atoms. The standard InChI is InChI=1S/C22H31N3O/c1-22(2)17-9-8-16(20(22)14-17)15-25-12-10-19(11-13-25)24-21(26)23-18-6-4-3-5-7-18/h3-8,17,19-20H,9-15H2,1-2H3,(H2,23,24,26)/t17-,20-/m0/s1. The number of hydrogen-bond donors (Lipinski definition) is 2. The number of rotatable bonds is 4. The van der Waals surface area contributed by atoms with Crippen molar-refractivity contribution in [3.8, 4) is 0 Å². The largest absolute Gasteiger partial charge is 0.335 e. The van der Waals surface area contributed by atoms with Crippen molar-refractivity contribution < 1.29 is 4.79 Å². The van der Waals surface area contributed by atoms with Gasteiger partial charge < -0.3 is 10.6 Å². The molecule has 1 saturated carbocycles. The van der Waals surface area contributed by atoms with Gasteiger partial charge in [-0.2, -0.15) is 0 Å². The molecule has 5 rings (SSSR count). The zero-order chi connectivity index (χ0) is 18.1. The normalized spacial score (nSPS) is 28.0. The highest BCUT2D eigenvalue weighted by Gasteiger charge is 2.51. The molecule has 0 radical (unpaired) electrons. The van der Waals surface area contributed by atoms with Gasteiger partial charge in [0.2, 0.25) is 0 Å². The van der Waals surface area contributed by atoms with Crippen molar-refractivity contribution in [1.82, 2.24) is 10.2 Å². The maximum atomic E-state index is 12.2. The molecule has 4 aliphatic rings. The maximum Gasteiger partial charge on any atom is 0.319 e. The van der Waals surface area contributed by atoms with Gasteiger partial charge in [-0.05, 0) is 55.1 Å². The monoisotopic (exact) mass is 353 g/mol. The molecule has 1 aliphatic heterocycles. The number of allylic oxidation sites excluding steroid dienone is 1. The number of para-hydroxylation sites is 1. The van der Waals surface area contributed by atoms with Gasteiger partial charge in [-0.3, -0.25) is 4.90 Å². The molecule has 2 N–H and O–H groups in total. The van der Waals surface area contributed by atoms with Crippen LogP contribution in [0.3, 0.4) is 0 Å². The van der Waals surface area contributed by atoms with E-state index in [9.17, 15) is 4.79 Å². The van der Waals surface area contributed by atoms with E-state index in [0.29, 0.717) is 5.41 Å². The first-order chi connectivity index (χ1) is 12.5. The fraction of sp³-hybridized carbons (Fsp3) is 0.591. The highest BCUT2D eigenvalue weighted by molar-refractivity contribution is 5.89. The van der Waals surface area contributed by atoms with Crippen molar-refractivity contribution in [3.05, 3.63) is 42.0 Å². The quantitative estimate of drug-likeness (QED) is 0.794. The number of nitrogens with one attached hydrogen (secondary N) is 2. The Kier molecular flexibility index (Phi) is 4.78. The van der Waals surface area contributed by atoms with Crippen molar-refractivity contribution >= 4 is 11.7 Å². The molecule has 26 heavy (non-hydrogen) atoms. The molecule has 1 saturated heterocycles. The van der Waals surface area contributed by atoms with Crippen LogP contribution >= 0.6 is 0 Å². The number of carbonyl (C=O) groups is 1. The molecule has 140 valence electrons. The third kappa shape index (κ3) is 3.52. The summed E-state index contributed by atoms with van der Waals surface area (Å²) in [6.45, 7) is 8.17. The van der Waals surface area contributed by atoms with Gasteiger partial charge in [-0.25, -0.2) is 4.79 Å². The van der Waals surface area contributed by atoms with Gasteiger partial charge in [0.05, 0.1) is 0 Å². The molecule has 1 heterocycles. The van der Waals surface area contributed by atoms with Crippen molar-refractivity contribution in [2.45, 2.75) is 45.6 Å². The van der Waals surface area contributed by atoms with Crippen LogP contribution in [0.25, 0.3) is 0 Å². The molecule has 2 fully saturated rings. The Labute approximate surface area is 157 Å². The molecule has 0 spiro atoms. The number of nitrogens with zero attached hydrogens (tertiary/aromatic N) is 1. The highest BCUT2D eigenvalue weighted by atomic mass is 16.2. The molecule has 1 aromatic rings. The van der Waals surface area contributed by atoms with Crippen LogP contribution in [0.2, 0.25) is 0 Å². The lowest BCUT2D eigenvalue weighted by Crippen LogP contribution is -2.51. The van der Waals surface area contributed by atoms with E-state index < -0.39 is 0 Å². The summed E-state index contributed by atoms with van der Waals surface area (Å²) in [4.78, 5) is 14.7. The van der Waals surface area contributed by atoms with Crippen LogP contribution in [-0.4, -0.2) is 36.6 Å². The van der Waals surface area contributed by atoms with Gasteiger partial charge in [0, 0.05) is 31.4 Å². The van der Waals surface area contributed by atoms with Crippen LogP contribution in [0.1, 0.15) is 39.5 Å². The zero-order valence-electron chi connectivity index (χ0n) is 16.0. The third-order valence-corrected chi connectivity index (χ3v) is 6.94. The van der Waals surface area contributed by atoms with Crippen LogP contribution < -0.4 is 10.6 Å². The summed E-state index contributed by atoms with van der Waals surface area (Å²) in [5.74, 6) is 1.71. The Bertz CT molecular complexity index is 674. The van der Waals surface area contributed by atoms with Crippen molar-refractivity contribution in [2.75, 3.05) is 25.0 Å². The SMILES string of the molecule is CC1(C)[C@H]2CC=C(CN3CCC(NC(=O)Nc4ccccc4)CC3)[C@@H]1C2. The minimum Gasteiger partial charge on any atom is -0.335 e. The van der Waals surface area contributed by atoms with Crippen LogP contribution in [-0.2, 0) is 0 Å². The lowest BCUT2D eigenvalue weighted by Gasteiger charge is -2.57. The number of hydrogen-bond acceptors (Lipinski definition) is 2. The lowest BCUT2D eigenvalue weighted by molar-refractivity contribution is -0.0113. The molecule has 4 heteroatoms. The van der Waals surface area contributed by atoms with Crippen molar-refractivity contribution in [2.24, 2.45) is 17.3 Å². The van der Waals surface area contributed by atoms with Gasteiger partial charge in [-0.15, -0.1) is 0 Å². The Balaban J connectivity index is 1.22. The van der Waals surface area contributed by atoms with Crippen LogP contribution in [0, 0.1) is 17.3 Å². The van der Waals surface area contributed by atoms with E-state index in [1.54, 1.807) is 5.57 Å². The average molecular weight is 354 g/mol. The zero-order valence-corrected chi connectivity index (χ0v) is 16.0. The van der Waals surface area contributed by atoms with E-state index in [1.807, 2.05) is 30.3 Å². The maximum absolute atomic E-state index is 12.2. The topological polar surface area (TPSA) is 44.4 Å². The van der Waals surface area contributed by atoms with Gasteiger partial charge in [0.1, 0.15) is 0 Å². The minimum atomic E-state index is -0.0908. The average Bonchev–Trinajstić information content (AvgIpc) is 2.64. The van der Waals surface area contributed by atoms with E-state index in [0.717, 1.165) is 50.0 Å². The summed E-state index contributed by atoms with van der Waals surface area (Å²) in [6.07, 6.45) is 7.26. The molecular formula is C22H31N3O. The molecule has 0 unspecified atom stereocenters. The molecule has 3 aliphatic carbocycles. The van der Waals surface area contributed by atoms with Gasteiger partial charge in [0.25, 0.3) is 0 Å². The van der Waals surface area contributed by atoms with E-state index in [2.05, 4.69) is 35.5 Å². The first-order valence-corrected chi connectivity index (χ1v) is 10.1. The van der Waals surface area contributed by atoms with Crippen LogP contribution in [0.4, 0.5) is 10.5 Å². The van der Waals surface area contributed by atoms with Crippen LogP contribution in [0.5, 0.6) is 0 Å². The van der Waals surface area contributed by atoms with Gasteiger partial charge >= 0.3 is 6.03 Å². The number of likely N-dealkylation sites (tertiary alicyclic amines) is 1. The minimum absolute atomic E-state index is 0.0908. The Morgan fingerprint density at radius 2 is 1.92 bits per heavy atom. The van der Waals surface area contributed by atoms with E-state index in [-0.39, 0.29) is 12.1 Å². The summed E-state index contributed by atoms with van der Waals surface area (Å²) in [5.41, 5.74) is 3.03. The molecule has 1 aromatic carbocycles. The predicted octanol–water partition coefficient (Wildman–Crippen LogP) is 4.26. The summed E-state index contributed by atoms with van der Waals surface area (Å²) in [5, 5.41) is 6.04. The number of amides is 2. The fourth-order valence-corrected chi connectivity index (χ4v) is 5.02. The Hall–Kier alpha value is -1.81. The second-order valence-electron chi connectivity index (χ2n) is 8.84. The first-order valence-electron chi connectivity index (χ1n) is 10.1.